The number of nitrogens with two attached hydrogens (primary N) is 1. The molecule has 1 aliphatic rings. The van der Waals surface area contributed by atoms with E-state index in [0.29, 0.717) is 19.5 Å². The van der Waals surface area contributed by atoms with E-state index in [-0.39, 0.29) is 41.6 Å². The molecule has 0 aromatic heterocycles. The Morgan fingerprint density at radius 1 is 1.27 bits per heavy atom. The molecule has 0 spiro atoms. The van der Waals surface area contributed by atoms with Gasteiger partial charge in [0.2, 0.25) is 0 Å². The fourth-order valence-electron chi connectivity index (χ4n) is 3.91. The number of ether oxygens (including phenoxy) is 2. The number of carbonyl (C=O) groups excluding carboxylic acids is 2. The summed E-state index contributed by atoms with van der Waals surface area (Å²) in [6.07, 6.45) is -3.70. The molecule has 0 saturated carbocycles. The molecule has 1 aromatic rings. The Labute approximate surface area is 193 Å². The summed E-state index contributed by atoms with van der Waals surface area (Å²) in [6, 6.07) is 0.587. The second-order valence-corrected chi connectivity index (χ2v) is 9.33. The number of nitrogen functional groups attached to an aromatic ring is 1. The van der Waals surface area contributed by atoms with E-state index in [9.17, 15) is 22.8 Å². The van der Waals surface area contributed by atoms with Crippen molar-refractivity contribution in [3.05, 3.63) is 28.3 Å². The van der Waals surface area contributed by atoms with E-state index in [1.165, 1.54) is 11.8 Å². The van der Waals surface area contributed by atoms with Gasteiger partial charge in [0.05, 0.1) is 17.7 Å². The lowest BCUT2D eigenvalue weighted by Crippen LogP contribution is -2.49. The van der Waals surface area contributed by atoms with Crippen LogP contribution in [0.5, 0.6) is 0 Å². The molecule has 0 bridgehead atoms. The first-order valence-electron chi connectivity index (χ1n) is 11.0. The zero-order chi connectivity index (χ0) is 25.1. The van der Waals surface area contributed by atoms with Crippen LogP contribution in [0.15, 0.2) is 6.07 Å². The Balaban J connectivity index is 2.31. The number of amides is 1. The van der Waals surface area contributed by atoms with Gasteiger partial charge in [-0.1, -0.05) is 0 Å². The van der Waals surface area contributed by atoms with Gasteiger partial charge in [-0.05, 0) is 71.2 Å². The Hall–Kier alpha value is -2.49. The molecule has 33 heavy (non-hydrogen) atoms. The van der Waals surface area contributed by atoms with Gasteiger partial charge in [0.1, 0.15) is 5.60 Å². The number of benzene rings is 1. The molecule has 10 heteroatoms. The van der Waals surface area contributed by atoms with Crippen LogP contribution in [-0.2, 0) is 22.2 Å². The van der Waals surface area contributed by atoms with Gasteiger partial charge in [0.25, 0.3) is 0 Å². The van der Waals surface area contributed by atoms with Crippen LogP contribution in [0.4, 0.5) is 23.7 Å². The highest BCUT2D eigenvalue weighted by Gasteiger charge is 2.37. The molecule has 2 N–H and O–H groups in total. The van der Waals surface area contributed by atoms with Crippen LogP contribution in [0.2, 0.25) is 0 Å². The molecule has 186 valence electrons. The highest BCUT2D eigenvalue weighted by atomic mass is 19.4. The smallest absolute Gasteiger partial charge is 0.416 e. The molecule has 1 aromatic carbocycles. The summed E-state index contributed by atoms with van der Waals surface area (Å²) in [7, 11) is 1.64. The molecular formula is C23H34F3N3O4. The number of likely N-dealkylation sites (tertiary alicyclic amines) is 1. The van der Waals surface area contributed by atoms with Crippen molar-refractivity contribution < 1.29 is 32.2 Å². The summed E-state index contributed by atoms with van der Waals surface area (Å²) in [6.45, 7) is 9.37. The molecule has 7 nitrogen and oxygen atoms in total. The number of rotatable bonds is 5. The lowest BCUT2D eigenvalue weighted by atomic mass is 9.94. The molecule has 1 amide bonds. The maximum absolute atomic E-state index is 13.9. The van der Waals surface area contributed by atoms with Crippen LogP contribution in [-0.4, -0.2) is 60.2 Å². The van der Waals surface area contributed by atoms with Gasteiger partial charge in [0.15, 0.2) is 0 Å². The average Bonchev–Trinajstić information content (AvgIpc) is 2.69. The standard InChI is InChI=1S/C23H34F3N3O4/c1-7-32-20(30)16-11-18(23(24,25)26)17(14(2)19(16)27)13-29-10-8-9-15(12-29)28(6)21(31)33-22(3,4)5/h11,15H,7-10,12-13,27H2,1-6H3. The third-order valence-electron chi connectivity index (χ3n) is 5.65. The second-order valence-electron chi connectivity index (χ2n) is 9.33. The number of anilines is 1. The molecule has 1 unspecified atom stereocenters. The number of carbonyl (C=O) groups is 2. The average molecular weight is 474 g/mol. The van der Waals surface area contributed by atoms with E-state index in [1.54, 1.807) is 34.7 Å². The molecule has 1 saturated heterocycles. The van der Waals surface area contributed by atoms with Crippen molar-refractivity contribution in [1.29, 1.82) is 0 Å². The van der Waals surface area contributed by atoms with Crippen LogP contribution in [0.3, 0.4) is 0 Å². The monoisotopic (exact) mass is 473 g/mol. The van der Waals surface area contributed by atoms with E-state index in [1.807, 2.05) is 4.90 Å². The zero-order valence-electron chi connectivity index (χ0n) is 20.1. The first-order valence-corrected chi connectivity index (χ1v) is 11.0. The Bertz CT molecular complexity index is 881. The van der Waals surface area contributed by atoms with E-state index in [4.69, 9.17) is 15.2 Å². The largest absolute Gasteiger partial charge is 0.462 e. The predicted molar refractivity (Wildman–Crippen MR) is 119 cm³/mol. The van der Waals surface area contributed by atoms with Gasteiger partial charge in [-0.25, -0.2) is 9.59 Å². The first kappa shape index (κ1) is 26.8. The Morgan fingerprint density at radius 2 is 1.91 bits per heavy atom. The van der Waals surface area contributed by atoms with Crippen LogP contribution in [0, 0.1) is 6.92 Å². The molecule has 1 atom stereocenters. The Morgan fingerprint density at radius 3 is 2.45 bits per heavy atom. The number of likely N-dealkylation sites (N-methyl/N-ethyl adjacent to an activating group) is 1. The van der Waals surface area contributed by atoms with Crippen LogP contribution < -0.4 is 5.73 Å². The molecule has 0 aliphatic carbocycles. The van der Waals surface area contributed by atoms with Crippen LogP contribution in [0.1, 0.15) is 67.6 Å². The third kappa shape index (κ3) is 6.75. The van der Waals surface area contributed by atoms with Gasteiger partial charge in [-0.2, -0.15) is 13.2 Å². The summed E-state index contributed by atoms with van der Waals surface area (Å²) in [5.74, 6) is -0.882. The zero-order valence-corrected chi connectivity index (χ0v) is 20.1. The second kappa shape index (κ2) is 10.2. The topological polar surface area (TPSA) is 85.1 Å². The molecule has 1 fully saturated rings. The van der Waals surface area contributed by atoms with Gasteiger partial charge in [0, 0.05) is 31.9 Å². The van der Waals surface area contributed by atoms with Gasteiger partial charge >= 0.3 is 18.2 Å². The minimum atomic E-state index is -4.67. The van der Waals surface area contributed by atoms with E-state index >= 15 is 0 Å². The summed E-state index contributed by atoms with van der Waals surface area (Å²) >= 11 is 0. The highest BCUT2D eigenvalue weighted by Crippen LogP contribution is 2.38. The highest BCUT2D eigenvalue weighted by molar-refractivity contribution is 5.96. The SMILES string of the molecule is CCOC(=O)c1cc(C(F)(F)F)c(CN2CCCC(N(C)C(=O)OC(C)(C)C)C2)c(C)c1N. The number of piperidine rings is 1. The summed E-state index contributed by atoms with van der Waals surface area (Å²) < 4.78 is 52.1. The molecule has 1 aliphatic heterocycles. The predicted octanol–water partition coefficient (Wildman–Crippen LogP) is 4.60. The number of hydrogen-bond donors (Lipinski definition) is 1. The molecule has 1 heterocycles. The minimum absolute atomic E-state index is 0.00730. The van der Waals surface area contributed by atoms with Gasteiger partial charge < -0.3 is 20.1 Å². The van der Waals surface area contributed by atoms with Crippen molar-refractivity contribution in [2.24, 2.45) is 0 Å². The fraction of sp³-hybridized carbons (Fsp3) is 0.652. The van der Waals surface area contributed by atoms with Crippen LogP contribution in [0.25, 0.3) is 0 Å². The summed E-state index contributed by atoms with van der Waals surface area (Å²) in [4.78, 5) is 28.0. The van der Waals surface area contributed by atoms with Crippen molar-refractivity contribution in [3.8, 4) is 0 Å². The number of esters is 1. The fourth-order valence-corrected chi connectivity index (χ4v) is 3.91. The Kier molecular flexibility index (Phi) is 8.27. The number of halogens is 3. The number of hydrogen-bond acceptors (Lipinski definition) is 6. The van der Waals surface area contributed by atoms with E-state index < -0.39 is 29.4 Å². The van der Waals surface area contributed by atoms with Crippen molar-refractivity contribution in [2.45, 2.75) is 71.8 Å². The van der Waals surface area contributed by atoms with Crippen LogP contribution >= 0.6 is 0 Å². The van der Waals surface area contributed by atoms with Crippen molar-refractivity contribution in [2.75, 3.05) is 32.5 Å². The lowest BCUT2D eigenvalue weighted by Gasteiger charge is -2.38. The molecular weight excluding hydrogens is 439 g/mol. The van der Waals surface area contributed by atoms with E-state index in [2.05, 4.69) is 0 Å². The summed E-state index contributed by atoms with van der Waals surface area (Å²) in [5.41, 5.74) is 4.43. The maximum Gasteiger partial charge on any atom is 0.416 e. The molecule has 0 radical (unpaired) electrons. The lowest BCUT2D eigenvalue weighted by molar-refractivity contribution is -0.138. The van der Waals surface area contributed by atoms with Crippen molar-refractivity contribution >= 4 is 17.7 Å². The first-order chi connectivity index (χ1) is 15.2. The van der Waals surface area contributed by atoms with Gasteiger partial charge in [-0.3, -0.25) is 4.90 Å². The molecule has 2 rings (SSSR count). The maximum atomic E-state index is 13.9. The number of alkyl halides is 3. The third-order valence-corrected chi connectivity index (χ3v) is 5.65. The van der Waals surface area contributed by atoms with E-state index in [0.717, 1.165) is 12.5 Å². The normalized spacial score (nSPS) is 17.5. The van der Waals surface area contributed by atoms with Gasteiger partial charge in [-0.15, -0.1) is 0 Å². The summed E-state index contributed by atoms with van der Waals surface area (Å²) in [5, 5.41) is 0. The minimum Gasteiger partial charge on any atom is -0.462 e. The quantitative estimate of drug-likeness (QED) is 0.497. The number of nitrogens with zero attached hydrogens (tertiary/aromatic N) is 2. The van der Waals surface area contributed by atoms with Crippen molar-refractivity contribution in [3.63, 3.8) is 0 Å². The van der Waals surface area contributed by atoms with Crippen molar-refractivity contribution in [1.82, 2.24) is 9.80 Å².